The lowest BCUT2D eigenvalue weighted by Gasteiger charge is -2.42. The number of allylic oxidation sites excluding steroid dienone is 5. The van der Waals surface area contributed by atoms with E-state index in [4.69, 9.17) is 0 Å². The van der Waals surface area contributed by atoms with Crippen molar-refractivity contribution in [2.75, 3.05) is 0 Å². The van der Waals surface area contributed by atoms with Crippen molar-refractivity contribution in [2.24, 2.45) is 11.8 Å². The normalized spacial score (nSPS) is 28.7. The van der Waals surface area contributed by atoms with Crippen LogP contribution in [0.1, 0.15) is 46.0 Å². The Morgan fingerprint density at radius 3 is 2.93 bits per heavy atom. The van der Waals surface area contributed by atoms with Gasteiger partial charge in [-0.05, 0) is 57.8 Å². The van der Waals surface area contributed by atoms with E-state index in [9.17, 15) is 0 Å². The van der Waals surface area contributed by atoms with Crippen molar-refractivity contribution in [3.8, 4) is 0 Å². The minimum atomic E-state index is 0.903. The highest BCUT2D eigenvalue weighted by atomic mass is 14.4. The minimum Gasteiger partial charge on any atom is -0.100 e. The zero-order valence-electron chi connectivity index (χ0n) is 10.1. The van der Waals surface area contributed by atoms with Crippen molar-refractivity contribution >= 4 is 0 Å². The van der Waals surface area contributed by atoms with Crippen LogP contribution in [0.5, 0.6) is 0 Å². The predicted molar refractivity (Wildman–Crippen MR) is 66.7 cm³/mol. The van der Waals surface area contributed by atoms with Crippen LogP contribution in [0.15, 0.2) is 35.5 Å². The topological polar surface area (TPSA) is 0 Å². The second-order valence-electron chi connectivity index (χ2n) is 5.38. The molecule has 0 aliphatic heterocycles. The zero-order chi connectivity index (χ0) is 10.8. The number of fused-ring (bicyclic) bond motifs is 1. The highest BCUT2D eigenvalue weighted by molar-refractivity contribution is 5.31. The molecule has 0 radical (unpaired) electrons. The van der Waals surface area contributed by atoms with Gasteiger partial charge in [0.2, 0.25) is 0 Å². The van der Waals surface area contributed by atoms with Gasteiger partial charge >= 0.3 is 0 Å². The molecule has 0 bridgehead atoms. The largest absolute Gasteiger partial charge is 0.100 e. The maximum Gasteiger partial charge on any atom is -0.0131 e. The Bertz CT molecular complexity index is 317. The second-order valence-corrected chi connectivity index (χ2v) is 5.38. The van der Waals surface area contributed by atoms with Gasteiger partial charge in [0.15, 0.2) is 0 Å². The van der Waals surface area contributed by atoms with Gasteiger partial charge in [0, 0.05) is 0 Å². The third-order valence-electron chi connectivity index (χ3n) is 3.85. The Hall–Kier alpha value is -0.780. The molecule has 2 atom stereocenters. The van der Waals surface area contributed by atoms with E-state index in [1.807, 2.05) is 0 Å². The van der Waals surface area contributed by atoms with E-state index >= 15 is 0 Å². The molecule has 0 saturated heterocycles. The lowest BCUT2D eigenvalue weighted by molar-refractivity contribution is 0.247. The van der Waals surface area contributed by atoms with E-state index in [-0.39, 0.29) is 0 Å². The summed E-state index contributed by atoms with van der Waals surface area (Å²) >= 11 is 0. The average Bonchev–Trinajstić information content (AvgIpc) is 2.16. The molecule has 0 nitrogen and oxygen atoms in total. The highest BCUT2D eigenvalue weighted by Gasteiger charge is 2.35. The molecule has 0 heterocycles. The molecular formula is C15H22. The van der Waals surface area contributed by atoms with Crippen LogP contribution in [0.4, 0.5) is 0 Å². The van der Waals surface area contributed by atoms with Crippen molar-refractivity contribution < 1.29 is 0 Å². The SMILES string of the molecule is C=C(C)CCCC1CC2=CC=C(C)CC21. The van der Waals surface area contributed by atoms with Gasteiger partial charge in [-0.1, -0.05) is 28.9 Å². The van der Waals surface area contributed by atoms with Crippen molar-refractivity contribution in [3.63, 3.8) is 0 Å². The first-order valence-corrected chi connectivity index (χ1v) is 6.17. The summed E-state index contributed by atoms with van der Waals surface area (Å²) in [5.74, 6) is 1.87. The Morgan fingerprint density at radius 1 is 1.40 bits per heavy atom. The van der Waals surface area contributed by atoms with E-state index in [2.05, 4.69) is 32.6 Å². The Labute approximate surface area is 93.8 Å². The summed E-state index contributed by atoms with van der Waals surface area (Å²) in [6.45, 7) is 8.37. The molecule has 0 aromatic carbocycles. The van der Waals surface area contributed by atoms with Crippen molar-refractivity contribution in [3.05, 3.63) is 35.5 Å². The summed E-state index contributed by atoms with van der Waals surface area (Å²) < 4.78 is 0. The van der Waals surface area contributed by atoms with Crippen LogP contribution in [0.25, 0.3) is 0 Å². The third-order valence-corrected chi connectivity index (χ3v) is 3.85. The highest BCUT2D eigenvalue weighted by Crippen LogP contribution is 2.48. The first kappa shape index (κ1) is 10.7. The molecule has 0 N–H and O–H groups in total. The first-order valence-electron chi connectivity index (χ1n) is 6.17. The van der Waals surface area contributed by atoms with Gasteiger partial charge in [0.1, 0.15) is 0 Å². The summed E-state index contributed by atoms with van der Waals surface area (Å²) in [5.41, 5.74) is 4.61. The summed E-state index contributed by atoms with van der Waals surface area (Å²) in [6.07, 6.45) is 11.3. The molecule has 82 valence electrons. The van der Waals surface area contributed by atoms with Gasteiger partial charge in [0.05, 0.1) is 0 Å². The molecule has 2 rings (SSSR count). The predicted octanol–water partition coefficient (Wildman–Crippen LogP) is 4.65. The van der Waals surface area contributed by atoms with E-state index in [1.54, 1.807) is 11.1 Å². The van der Waals surface area contributed by atoms with Crippen LogP contribution in [-0.4, -0.2) is 0 Å². The Kier molecular flexibility index (Phi) is 3.14. The fourth-order valence-electron chi connectivity index (χ4n) is 2.86. The second kappa shape index (κ2) is 4.38. The number of rotatable bonds is 4. The van der Waals surface area contributed by atoms with Crippen LogP contribution in [-0.2, 0) is 0 Å². The molecule has 0 aromatic rings. The third kappa shape index (κ3) is 2.42. The van der Waals surface area contributed by atoms with Crippen molar-refractivity contribution in [1.29, 1.82) is 0 Å². The summed E-state index contributed by atoms with van der Waals surface area (Å²) in [6, 6.07) is 0. The van der Waals surface area contributed by atoms with Crippen LogP contribution in [0, 0.1) is 11.8 Å². The molecule has 15 heavy (non-hydrogen) atoms. The molecule has 0 heteroatoms. The fraction of sp³-hybridized carbons (Fsp3) is 0.600. The van der Waals surface area contributed by atoms with Gasteiger partial charge in [-0.2, -0.15) is 0 Å². The van der Waals surface area contributed by atoms with Gasteiger partial charge in [-0.15, -0.1) is 6.58 Å². The maximum atomic E-state index is 3.97. The smallest absolute Gasteiger partial charge is 0.0131 e. The van der Waals surface area contributed by atoms with Gasteiger partial charge in [-0.25, -0.2) is 0 Å². The molecule has 0 aromatic heterocycles. The maximum absolute atomic E-state index is 3.97. The van der Waals surface area contributed by atoms with Crippen LogP contribution in [0.2, 0.25) is 0 Å². The average molecular weight is 202 g/mol. The Balaban J connectivity index is 1.77. The van der Waals surface area contributed by atoms with E-state index in [1.165, 1.54) is 37.7 Å². The fourth-order valence-corrected chi connectivity index (χ4v) is 2.86. The minimum absolute atomic E-state index is 0.903. The molecular weight excluding hydrogens is 180 g/mol. The van der Waals surface area contributed by atoms with Gasteiger partial charge in [0.25, 0.3) is 0 Å². The van der Waals surface area contributed by atoms with Crippen molar-refractivity contribution in [2.45, 2.75) is 46.0 Å². The summed E-state index contributed by atoms with van der Waals surface area (Å²) in [5, 5.41) is 0. The quantitative estimate of drug-likeness (QED) is 0.582. The summed E-state index contributed by atoms with van der Waals surface area (Å²) in [7, 11) is 0. The first-order chi connectivity index (χ1) is 7.16. The lowest BCUT2D eigenvalue weighted by atomic mass is 9.63. The zero-order valence-corrected chi connectivity index (χ0v) is 10.1. The van der Waals surface area contributed by atoms with E-state index in [0.29, 0.717) is 0 Å². The monoisotopic (exact) mass is 202 g/mol. The van der Waals surface area contributed by atoms with Crippen molar-refractivity contribution in [1.82, 2.24) is 0 Å². The van der Waals surface area contributed by atoms with Crippen LogP contribution in [0.3, 0.4) is 0 Å². The molecule has 2 aliphatic rings. The van der Waals surface area contributed by atoms with Crippen LogP contribution < -0.4 is 0 Å². The molecule has 0 spiro atoms. The van der Waals surface area contributed by atoms with Gasteiger partial charge in [-0.3, -0.25) is 0 Å². The van der Waals surface area contributed by atoms with E-state index in [0.717, 1.165) is 11.8 Å². The molecule has 1 fully saturated rings. The van der Waals surface area contributed by atoms with Gasteiger partial charge < -0.3 is 0 Å². The lowest BCUT2D eigenvalue weighted by Crippen LogP contribution is -2.30. The van der Waals surface area contributed by atoms with E-state index < -0.39 is 0 Å². The summed E-state index contributed by atoms with van der Waals surface area (Å²) in [4.78, 5) is 0. The number of hydrogen-bond acceptors (Lipinski definition) is 0. The molecule has 1 saturated carbocycles. The molecule has 2 aliphatic carbocycles. The Morgan fingerprint density at radius 2 is 2.20 bits per heavy atom. The molecule has 2 unspecified atom stereocenters. The molecule has 0 amide bonds. The standard InChI is InChI=1S/C15H22/c1-11(2)5-4-6-13-10-14-8-7-12(3)9-15(13)14/h7-8,13,15H,1,4-6,9-10H2,2-3H3. The number of hydrogen-bond donors (Lipinski definition) is 0. The van der Waals surface area contributed by atoms with Crippen LogP contribution >= 0.6 is 0 Å².